The number of hydrogen-bond acceptors (Lipinski definition) is 7. The summed E-state index contributed by atoms with van der Waals surface area (Å²) in [6.07, 6.45) is 3.04. The van der Waals surface area contributed by atoms with E-state index in [4.69, 9.17) is 4.42 Å². The number of hydrogen-bond donors (Lipinski definition) is 0. The van der Waals surface area contributed by atoms with Gasteiger partial charge in [-0.25, -0.2) is 22.5 Å². The van der Waals surface area contributed by atoms with Crippen LogP contribution in [0.1, 0.15) is 47.7 Å². The number of carbonyl (C=O) groups excluding carboxylic acids is 1. The Balaban J connectivity index is 1.12. The molecule has 2 aliphatic rings. The predicted molar refractivity (Wildman–Crippen MR) is 123 cm³/mol. The van der Waals surface area contributed by atoms with Crippen LogP contribution in [0.2, 0.25) is 0 Å². The molecule has 0 atom stereocenters. The maximum Gasteiger partial charge on any atom is 0.358 e. The lowest BCUT2D eigenvalue weighted by Crippen LogP contribution is -2.36. The SMILES string of the molecule is O=C1c2ccccc2S(=O)(=O)N1CCCCN1CCC(c2nc3ccccc3oc2=O)CC1. The number of nitrogens with zero attached hydrogens (tertiary/aromatic N) is 3. The van der Waals surface area contributed by atoms with Crippen LogP contribution in [0, 0.1) is 0 Å². The van der Waals surface area contributed by atoms with Crippen LogP contribution in [0.4, 0.5) is 0 Å². The summed E-state index contributed by atoms with van der Waals surface area (Å²) in [7, 11) is -3.73. The van der Waals surface area contributed by atoms with Gasteiger partial charge in [0.2, 0.25) is 0 Å². The number of para-hydroxylation sites is 2. The number of piperidine rings is 1. The number of amides is 1. The van der Waals surface area contributed by atoms with Gasteiger partial charge in [0.1, 0.15) is 16.1 Å². The Morgan fingerprint density at radius 3 is 2.42 bits per heavy atom. The Kier molecular flexibility index (Phi) is 5.76. The van der Waals surface area contributed by atoms with Crippen molar-refractivity contribution in [3.63, 3.8) is 0 Å². The fourth-order valence-electron chi connectivity index (χ4n) is 4.69. The third-order valence-corrected chi connectivity index (χ3v) is 8.33. The molecule has 1 saturated heterocycles. The zero-order valence-electron chi connectivity index (χ0n) is 18.1. The highest BCUT2D eigenvalue weighted by molar-refractivity contribution is 7.90. The van der Waals surface area contributed by atoms with E-state index < -0.39 is 15.9 Å². The van der Waals surface area contributed by atoms with Crippen molar-refractivity contribution in [1.29, 1.82) is 0 Å². The topological polar surface area (TPSA) is 101 Å². The molecule has 9 heteroatoms. The van der Waals surface area contributed by atoms with Gasteiger partial charge in [-0.3, -0.25) is 4.79 Å². The Morgan fingerprint density at radius 1 is 0.939 bits per heavy atom. The van der Waals surface area contributed by atoms with Crippen molar-refractivity contribution in [3.8, 4) is 0 Å². The van der Waals surface area contributed by atoms with E-state index in [1.165, 1.54) is 6.07 Å². The molecular formula is C24H25N3O5S. The van der Waals surface area contributed by atoms with E-state index in [0.717, 1.165) is 43.2 Å². The van der Waals surface area contributed by atoms with Gasteiger partial charge >= 0.3 is 5.63 Å². The van der Waals surface area contributed by atoms with Crippen molar-refractivity contribution in [2.75, 3.05) is 26.2 Å². The van der Waals surface area contributed by atoms with E-state index in [9.17, 15) is 18.0 Å². The van der Waals surface area contributed by atoms with Crippen molar-refractivity contribution < 1.29 is 17.6 Å². The molecule has 0 N–H and O–H groups in total. The Bertz CT molecular complexity index is 1360. The van der Waals surface area contributed by atoms with Crippen LogP contribution in [0.5, 0.6) is 0 Å². The number of unbranched alkanes of at least 4 members (excludes halogenated alkanes) is 1. The van der Waals surface area contributed by atoms with E-state index in [1.54, 1.807) is 24.3 Å². The average Bonchev–Trinajstić information content (AvgIpc) is 3.02. The first kappa shape index (κ1) is 21.8. The maximum atomic E-state index is 12.6. The second-order valence-corrected chi connectivity index (χ2v) is 10.4. The van der Waals surface area contributed by atoms with Gasteiger partial charge in [-0.2, -0.15) is 0 Å². The van der Waals surface area contributed by atoms with Crippen LogP contribution in [0.15, 0.2) is 62.6 Å². The van der Waals surface area contributed by atoms with E-state index in [2.05, 4.69) is 9.88 Å². The summed E-state index contributed by atoms with van der Waals surface area (Å²) in [5.41, 5.74) is 1.61. The third kappa shape index (κ3) is 4.06. The summed E-state index contributed by atoms with van der Waals surface area (Å²) in [6, 6.07) is 13.6. The molecule has 0 bridgehead atoms. The standard InChI is InChI=1S/C24H25N3O5S/c28-23-18-7-1-4-10-21(18)33(30,31)27(23)14-6-5-13-26-15-11-17(12-16-26)22-24(29)32-20-9-3-2-8-19(20)25-22/h1-4,7-10,17H,5-6,11-16H2. The fraction of sp³-hybridized carbons (Fsp3) is 0.375. The average molecular weight is 468 g/mol. The second-order valence-electron chi connectivity index (χ2n) is 8.56. The number of aromatic nitrogens is 1. The minimum Gasteiger partial charge on any atom is -0.420 e. The normalized spacial score (nSPS) is 18.7. The van der Waals surface area contributed by atoms with Gasteiger partial charge < -0.3 is 9.32 Å². The first-order chi connectivity index (χ1) is 15.9. The van der Waals surface area contributed by atoms with Crippen LogP contribution in [-0.4, -0.2) is 54.7 Å². The summed E-state index contributed by atoms with van der Waals surface area (Å²) in [6.45, 7) is 2.69. The number of fused-ring (bicyclic) bond motifs is 2. The summed E-state index contributed by atoms with van der Waals surface area (Å²) >= 11 is 0. The highest BCUT2D eigenvalue weighted by atomic mass is 32.2. The summed E-state index contributed by atoms with van der Waals surface area (Å²) in [4.78, 5) is 31.8. The molecule has 3 aromatic rings. The van der Waals surface area contributed by atoms with Crippen LogP contribution in [-0.2, 0) is 10.0 Å². The smallest absolute Gasteiger partial charge is 0.358 e. The molecule has 2 aromatic carbocycles. The Labute approximate surface area is 191 Å². The van der Waals surface area contributed by atoms with Gasteiger partial charge in [0.05, 0.1) is 5.56 Å². The molecule has 0 unspecified atom stereocenters. The lowest BCUT2D eigenvalue weighted by molar-refractivity contribution is 0.0868. The fourth-order valence-corrected chi connectivity index (χ4v) is 6.30. The highest BCUT2D eigenvalue weighted by Crippen LogP contribution is 2.30. The molecule has 2 aliphatic heterocycles. The quantitative estimate of drug-likeness (QED) is 0.514. The van der Waals surface area contributed by atoms with Crippen molar-refractivity contribution in [1.82, 2.24) is 14.2 Å². The Hall–Kier alpha value is -3.04. The molecule has 33 heavy (non-hydrogen) atoms. The molecule has 0 radical (unpaired) electrons. The van der Waals surface area contributed by atoms with Crippen LogP contribution in [0.3, 0.4) is 0 Å². The van der Waals surface area contributed by atoms with Crippen molar-refractivity contribution >= 4 is 27.0 Å². The number of sulfonamides is 1. The lowest BCUT2D eigenvalue weighted by Gasteiger charge is -2.31. The van der Waals surface area contributed by atoms with E-state index in [-0.39, 0.29) is 28.5 Å². The lowest BCUT2D eigenvalue weighted by atomic mass is 9.93. The van der Waals surface area contributed by atoms with Gasteiger partial charge in [-0.1, -0.05) is 24.3 Å². The molecule has 0 spiro atoms. The van der Waals surface area contributed by atoms with Crippen LogP contribution >= 0.6 is 0 Å². The zero-order valence-corrected chi connectivity index (χ0v) is 19.0. The molecule has 1 aromatic heterocycles. The molecule has 0 aliphatic carbocycles. The van der Waals surface area contributed by atoms with Crippen molar-refractivity contribution in [3.05, 3.63) is 70.2 Å². The number of likely N-dealkylation sites (tertiary alicyclic amines) is 1. The molecule has 1 amide bonds. The number of carbonyl (C=O) groups is 1. The monoisotopic (exact) mass is 467 g/mol. The second kappa shape index (κ2) is 8.72. The largest absolute Gasteiger partial charge is 0.420 e. The maximum absolute atomic E-state index is 12.6. The highest BCUT2D eigenvalue weighted by Gasteiger charge is 2.40. The van der Waals surface area contributed by atoms with E-state index in [1.807, 2.05) is 18.2 Å². The van der Waals surface area contributed by atoms with Gasteiger partial charge in [0.25, 0.3) is 15.9 Å². The molecule has 8 nitrogen and oxygen atoms in total. The van der Waals surface area contributed by atoms with Crippen molar-refractivity contribution in [2.45, 2.75) is 36.5 Å². The molecule has 172 valence electrons. The molecular weight excluding hydrogens is 442 g/mol. The molecule has 0 saturated carbocycles. The van der Waals surface area contributed by atoms with E-state index >= 15 is 0 Å². The van der Waals surface area contributed by atoms with Gasteiger partial charge in [0, 0.05) is 12.5 Å². The molecule has 3 heterocycles. The van der Waals surface area contributed by atoms with Crippen molar-refractivity contribution in [2.24, 2.45) is 0 Å². The number of benzene rings is 2. The predicted octanol–water partition coefficient (Wildman–Crippen LogP) is 2.99. The zero-order chi connectivity index (χ0) is 23.0. The minimum atomic E-state index is -3.73. The number of rotatable bonds is 6. The summed E-state index contributed by atoms with van der Waals surface area (Å²) < 4.78 is 31.7. The molecule has 1 fully saturated rings. The van der Waals surface area contributed by atoms with E-state index in [0.29, 0.717) is 23.2 Å². The van der Waals surface area contributed by atoms with Crippen LogP contribution in [0.25, 0.3) is 11.1 Å². The summed E-state index contributed by atoms with van der Waals surface area (Å²) in [5.74, 6) is -0.360. The first-order valence-electron chi connectivity index (χ1n) is 11.2. The van der Waals surface area contributed by atoms with Gasteiger partial charge in [-0.15, -0.1) is 0 Å². The minimum absolute atomic E-state index is 0.0768. The summed E-state index contributed by atoms with van der Waals surface area (Å²) in [5, 5.41) is 0. The Morgan fingerprint density at radius 2 is 1.64 bits per heavy atom. The van der Waals surface area contributed by atoms with Crippen LogP contribution < -0.4 is 5.63 Å². The van der Waals surface area contributed by atoms with Gasteiger partial charge in [0.15, 0.2) is 5.58 Å². The third-order valence-electron chi connectivity index (χ3n) is 6.49. The van der Waals surface area contributed by atoms with Gasteiger partial charge in [-0.05, 0) is 69.6 Å². The first-order valence-corrected chi connectivity index (χ1v) is 12.7. The molecule has 5 rings (SSSR count).